The molecule has 2 aliphatic rings. The molecule has 2 aromatic rings. The van der Waals surface area contributed by atoms with E-state index in [1.807, 2.05) is 24.3 Å². The number of aliphatic imine (C=N–C) groups is 1. The van der Waals surface area contributed by atoms with E-state index in [1.54, 1.807) is 18.2 Å². The van der Waals surface area contributed by atoms with Gasteiger partial charge in [0, 0.05) is 41.3 Å². The predicted octanol–water partition coefficient (Wildman–Crippen LogP) is 4.70. The summed E-state index contributed by atoms with van der Waals surface area (Å²) in [5.41, 5.74) is 2.65. The molecule has 1 fully saturated rings. The molecule has 12 heteroatoms. The third-order valence-corrected chi connectivity index (χ3v) is 8.42. The molecule has 0 saturated carbocycles. The van der Waals surface area contributed by atoms with E-state index in [9.17, 15) is 19.5 Å². The third-order valence-electron chi connectivity index (χ3n) is 7.76. The molecule has 4 rings (SSSR count). The summed E-state index contributed by atoms with van der Waals surface area (Å²) in [6, 6.07) is 12.6. The van der Waals surface area contributed by atoms with Crippen LogP contribution < -0.4 is 0 Å². The summed E-state index contributed by atoms with van der Waals surface area (Å²) >= 11 is 13.2. The van der Waals surface area contributed by atoms with Gasteiger partial charge in [-0.05, 0) is 41.7 Å². The zero-order valence-corrected chi connectivity index (χ0v) is 26.2. The van der Waals surface area contributed by atoms with Crippen LogP contribution in [-0.2, 0) is 46.4 Å². The number of hydrogen-bond donors (Lipinski definition) is 1. The van der Waals surface area contributed by atoms with Gasteiger partial charge < -0.3 is 24.1 Å². The zero-order chi connectivity index (χ0) is 31.6. The van der Waals surface area contributed by atoms with Gasteiger partial charge in [-0.3, -0.25) is 19.5 Å². The summed E-state index contributed by atoms with van der Waals surface area (Å²) in [7, 11) is 2.41. The van der Waals surface area contributed by atoms with Crippen LogP contribution >= 0.6 is 23.2 Å². The number of morpholine rings is 1. The normalized spacial score (nSPS) is 19.0. The number of benzene rings is 2. The maximum atomic E-state index is 13.4. The summed E-state index contributed by atoms with van der Waals surface area (Å²) in [5, 5.41) is 10.1. The molecule has 10 nitrogen and oxygen atoms in total. The number of aryl methyl sites for hydroxylation is 1. The topological polar surface area (TPSA) is 124 Å². The molecule has 0 spiro atoms. The standard InChI is InChI=1S/C32H36Cl2N2O8/c1-41-31(39)28-24(11-10-20-6-3-4-7-21(20)19-44-17-14-36-12-15-43-16-13-36)35-25(18-26(37)38)29(32(40)42-2)30(28)27-22(33)8-5-9-23(27)34/h3-9,29-30H,10-19H2,1-2H3,(H,37,38). The number of ether oxygens (including phenoxy) is 4. The first-order chi connectivity index (χ1) is 21.2. The van der Waals surface area contributed by atoms with E-state index in [4.69, 9.17) is 42.1 Å². The van der Waals surface area contributed by atoms with Crippen LogP contribution in [-0.4, -0.2) is 87.3 Å². The summed E-state index contributed by atoms with van der Waals surface area (Å²) in [6.45, 7) is 5.02. The quantitative estimate of drug-likeness (QED) is 0.243. The number of rotatable bonds is 13. The molecule has 0 bridgehead atoms. The van der Waals surface area contributed by atoms with Crippen molar-refractivity contribution in [3.05, 3.63) is 80.5 Å². The largest absolute Gasteiger partial charge is 0.481 e. The monoisotopic (exact) mass is 646 g/mol. The van der Waals surface area contributed by atoms with Crippen LogP contribution in [0.15, 0.2) is 58.7 Å². The minimum Gasteiger partial charge on any atom is -0.481 e. The number of esters is 2. The Balaban J connectivity index is 1.68. The van der Waals surface area contributed by atoms with E-state index in [-0.39, 0.29) is 39.0 Å². The molecule has 0 aliphatic carbocycles. The molecule has 44 heavy (non-hydrogen) atoms. The Bertz CT molecular complexity index is 1400. The Morgan fingerprint density at radius 3 is 2.30 bits per heavy atom. The lowest BCUT2D eigenvalue weighted by molar-refractivity contribution is -0.143. The van der Waals surface area contributed by atoms with Gasteiger partial charge in [-0.25, -0.2) is 4.79 Å². The zero-order valence-electron chi connectivity index (χ0n) is 24.7. The second-order valence-corrected chi connectivity index (χ2v) is 11.2. The molecule has 0 amide bonds. The highest BCUT2D eigenvalue weighted by Crippen LogP contribution is 2.46. The van der Waals surface area contributed by atoms with Crippen LogP contribution in [0.2, 0.25) is 10.0 Å². The molecule has 2 atom stereocenters. The van der Waals surface area contributed by atoms with Crippen LogP contribution in [0.4, 0.5) is 0 Å². The highest BCUT2D eigenvalue weighted by Gasteiger charge is 2.46. The van der Waals surface area contributed by atoms with Gasteiger partial charge in [0.05, 0.1) is 58.3 Å². The third kappa shape index (κ3) is 8.25. The highest BCUT2D eigenvalue weighted by atomic mass is 35.5. The summed E-state index contributed by atoms with van der Waals surface area (Å²) in [6.07, 6.45) is 0.142. The lowest BCUT2D eigenvalue weighted by Crippen LogP contribution is -2.38. The first-order valence-corrected chi connectivity index (χ1v) is 15.1. The molecular weight excluding hydrogens is 611 g/mol. The summed E-state index contributed by atoms with van der Waals surface area (Å²) in [4.78, 5) is 45.4. The van der Waals surface area contributed by atoms with Crippen molar-refractivity contribution in [1.29, 1.82) is 0 Å². The van der Waals surface area contributed by atoms with Gasteiger partial charge in [-0.1, -0.05) is 53.5 Å². The number of hydrogen-bond acceptors (Lipinski definition) is 9. The number of aliphatic carboxylic acids is 1. The Kier molecular flexibility index (Phi) is 12.3. The number of carbonyl (C=O) groups excluding carboxylic acids is 2. The molecule has 236 valence electrons. The number of methoxy groups -OCH3 is 2. The molecule has 1 N–H and O–H groups in total. The molecule has 0 aromatic heterocycles. The number of halogens is 2. The lowest BCUT2D eigenvalue weighted by Gasteiger charge is -2.33. The van der Waals surface area contributed by atoms with Crippen molar-refractivity contribution in [2.75, 3.05) is 53.7 Å². The number of allylic oxidation sites excluding steroid dienone is 1. The van der Waals surface area contributed by atoms with E-state index in [1.165, 1.54) is 14.2 Å². The number of carboxylic acid groups (broad SMARTS) is 1. The van der Waals surface area contributed by atoms with E-state index in [0.717, 1.165) is 44.0 Å². The van der Waals surface area contributed by atoms with Crippen molar-refractivity contribution in [3.8, 4) is 0 Å². The molecule has 2 heterocycles. The first-order valence-electron chi connectivity index (χ1n) is 14.3. The van der Waals surface area contributed by atoms with E-state index < -0.39 is 36.2 Å². The van der Waals surface area contributed by atoms with E-state index >= 15 is 0 Å². The minimum absolute atomic E-state index is 0.0349. The summed E-state index contributed by atoms with van der Waals surface area (Å²) in [5.74, 6) is -5.05. The van der Waals surface area contributed by atoms with Crippen molar-refractivity contribution < 1.29 is 38.4 Å². The van der Waals surface area contributed by atoms with Crippen LogP contribution in [0.1, 0.15) is 35.4 Å². The average molecular weight is 648 g/mol. The predicted molar refractivity (Wildman–Crippen MR) is 165 cm³/mol. The second-order valence-electron chi connectivity index (χ2n) is 10.4. The smallest absolute Gasteiger partial charge is 0.336 e. The van der Waals surface area contributed by atoms with E-state index in [0.29, 0.717) is 19.6 Å². The van der Waals surface area contributed by atoms with Crippen LogP contribution in [0, 0.1) is 5.92 Å². The molecule has 2 aliphatic heterocycles. The lowest BCUT2D eigenvalue weighted by atomic mass is 9.74. The molecular formula is C32H36Cl2N2O8. The Morgan fingerprint density at radius 2 is 1.66 bits per heavy atom. The Labute approximate surface area is 266 Å². The fraction of sp³-hybridized carbons (Fsp3) is 0.438. The maximum Gasteiger partial charge on any atom is 0.336 e. The average Bonchev–Trinajstić information content (AvgIpc) is 3.02. The van der Waals surface area contributed by atoms with Crippen LogP contribution in [0.3, 0.4) is 0 Å². The van der Waals surface area contributed by atoms with Crippen molar-refractivity contribution in [2.45, 2.75) is 31.8 Å². The SMILES string of the molecule is COC(=O)C1=C(CCc2ccccc2COCCN2CCOCC2)N=C(CC(=O)O)C(C(=O)OC)C1c1c(Cl)cccc1Cl. The van der Waals surface area contributed by atoms with Crippen molar-refractivity contribution >= 4 is 46.8 Å². The molecule has 1 saturated heterocycles. The van der Waals surface area contributed by atoms with Crippen LogP contribution in [0.5, 0.6) is 0 Å². The van der Waals surface area contributed by atoms with Crippen molar-refractivity contribution in [2.24, 2.45) is 10.9 Å². The summed E-state index contributed by atoms with van der Waals surface area (Å²) < 4.78 is 21.6. The fourth-order valence-corrected chi connectivity index (χ4v) is 6.24. The molecule has 2 aromatic carbocycles. The van der Waals surface area contributed by atoms with Gasteiger partial charge in [0.25, 0.3) is 0 Å². The minimum atomic E-state index is -1.27. The van der Waals surface area contributed by atoms with Gasteiger partial charge >= 0.3 is 17.9 Å². The maximum absolute atomic E-state index is 13.4. The second kappa shape index (κ2) is 16.2. The Hall–Kier alpha value is -3.28. The fourth-order valence-electron chi connectivity index (χ4n) is 5.61. The number of carboxylic acids is 1. The number of nitrogens with zero attached hydrogens (tertiary/aromatic N) is 2. The number of carbonyl (C=O) groups is 3. The van der Waals surface area contributed by atoms with Gasteiger partial charge in [0.15, 0.2) is 0 Å². The van der Waals surface area contributed by atoms with Gasteiger partial charge in [0.2, 0.25) is 0 Å². The van der Waals surface area contributed by atoms with Crippen molar-refractivity contribution in [1.82, 2.24) is 4.90 Å². The highest BCUT2D eigenvalue weighted by molar-refractivity contribution is 6.36. The molecule has 0 radical (unpaired) electrons. The molecule has 2 unspecified atom stereocenters. The van der Waals surface area contributed by atoms with Crippen molar-refractivity contribution in [3.63, 3.8) is 0 Å². The van der Waals surface area contributed by atoms with Crippen LogP contribution in [0.25, 0.3) is 0 Å². The first kappa shape index (κ1) is 33.6. The van der Waals surface area contributed by atoms with Gasteiger partial charge in [-0.15, -0.1) is 0 Å². The van der Waals surface area contributed by atoms with Gasteiger partial charge in [0.1, 0.15) is 5.92 Å². The Morgan fingerprint density at radius 1 is 0.977 bits per heavy atom. The van der Waals surface area contributed by atoms with E-state index in [2.05, 4.69) is 9.89 Å². The van der Waals surface area contributed by atoms with Gasteiger partial charge in [-0.2, -0.15) is 0 Å².